The maximum atomic E-state index is 13.6. The summed E-state index contributed by atoms with van der Waals surface area (Å²) < 4.78 is 6.43. The number of nitrogens with zero attached hydrogens (tertiary/aromatic N) is 1. The van der Waals surface area contributed by atoms with Crippen LogP contribution in [0.3, 0.4) is 0 Å². The molecule has 0 saturated carbocycles. The topological polar surface area (TPSA) is 108 Å². The summed E-state index contributed by atoms with van der Waals surface area (Å²) in [5, 5.41) is 17.3. The van der Waals surface area contributed by atoms with Crippen LogP contribution in [0, 0.1) is 11.8 Å². The molecule has 2 unspecified atom stereocenters. The maximum absolute atomic E-state index is 13.6. The first kappa shape index (κ1) is 20.9. The minimum atomic E-state index is -1.08. The van der Waals surface area contributed by atoms with Crippen LogP contribution in [0.25, 0.3) is 10.8 Å². The van der Waals surface area contributed by atoms with Gasteiger partial charge in [0.15, 0.2) is 0 Å². The lowest BCUT2D eigenvalue weighted by atomic mass is 9.66. The number of anilines is 1. The predicted octanol–water partition coefficient (Wildman–Crippen LogP) is 1.28. The van der Waals surface area contributed by atoms with Crippen molar-refractivity contribution in [2.75, 3.05) is 25.5 Å². The van der Waals surface area contributed by atoms with Crippen LogP contribution in [0.5, 0.6) is 0 Å². The van der Waals surface area contributed by atoms with Gasteiger partial charge in [0.2, 0.25) is 17.7 Å². The van der Waals surface area contributed by atoms with Crippen LogP contribution in [0.4, 0.5) is 5.69 Å². The second-order valence-corrected chi connectivity index (χ2v) is 9.15. The Morgan fingerprint density at radius 1 is 1.16 bits per heavy atom. The highest BCUT2D eigenvalue weighted by Gasteiger charge is 2.77. The van der Waals surface area contributed by atoms with Crippen molar-refractivity contribution in [1.29, 1.82) is 0 Å². The Bertz CT molecular complexity index is 1120. The average molecular weight is 437 g/mol. The third kappa shape index (κ3) is 2.79. The van der Waals surface area contributed by atoms with Crippen molar-refractivity contribution in [2.24, 2.45) is 11.8 Å². The molecule has 3 heterocycles. The van der Waals surface area contributed by atoms with E-state index in [1.165, 1.54) is 4.90 Å². The van der Waals surface area contributed by atoms with Crippen LogP contribution in [-0.4, -0.2) is 65.2 Å². The highest BCUT2D eigenvalue weighted by molar-refractivity contribution is 6.04. The number of hydrogen-bond acceptors (Lipinski definition) is 5. The van der Waals surface area contributed by atoms with E-state index in [2.05, 4.69) is 10.6 Å². The van der Waals surface area contributed by atoms with Crippen molar-refractivity contribution in [1.82, 2.24) is 10.2 Å². The molecule has 32 heavy (non-hydrogen) atoms. The molecule has 5 atom stereocenters. The Morgan fingerprint density at radius 3 is 2.62 bits per heavy atom. The standard InChI is InChI=1S/C24H27N3O5/c1-23-9-10-24(32-23)18(17(23)20(29)25-2)22(31)27(11-12-28)19(24)21(30)26-16-8-7-14-5-3-4-6-15(14)13-16/h3-8,13,17-19,28H,9-12H2,1-2H3,(H,25,29)(H,26,30)/t17-,18-,19?,23+,24?/m0/s1. The second-order valence-electron chi connectivity index (χ2n) is 9.15. The number of carbonyl (C=O) groups excluding carboxylic acids is 3. The van der Waals surface area contributed by atoms with Crippen LogP contribution in [-0.2, 0) is 19.1 Å². The zero-order valence-electron chi connectivity index (χ0n) is 18.1. The fraction of sp³-hybridized carbons (Fsp3) is 0.458. The molecule has 5 rings (SSSR count). The summed E-state index contributed by atoms with van der Waals surface area (Å²) in [6, 6.07) is 12.6. The lowest BCUT2D eigenvalue weighted by Gasteiger charge is -2.33. The monoisotopic (exact) mass is 437 g/mol. The van der Waals surface area contributed by atoms with Crippen molar-refractivity contribution in [3.05, 3.63) is 42.5 Å². The molecule has 8 nitrogen and oxygen atoms in total. The number of β-amino-alcohol motifs (C(OH)–C–C–N with tert-alkyl or cyclic N) is 1. The van der Waals surface area contributed by atoms with Gasteiger partial charge in [0.1, 0.15) is 11.6 Å². The minimum absolute atomic E-state index is 0.00737. The fourth-order valence-corrected chi connectivity index (χ4v) is 6.11. The van der Waals surface area contributed by atoms with Crippen LogP contribution in [0.15, 0.2) is 42.5 Å². The van der Waals surface area contributed by atoms with E-state index in [-0.39, 0.29) is 30.9 Å². The van der Waals surface area contributed by atoms with Gasteiger partial charge in [0.25, 0.3) is 0 Å². The number of rotatable bonds is 5. The number of likely N-dealkylation sites (tertiary alicyclic amines) is 1. The largest absolute Gasteiger partial charge is 0.395 e. The van der Waals surface area contributed by atoms with Crippen molar-refractivity contribution in [3.8, 4) is 0 Å². The summed E-state index contributed by atoms with van der Waals surface area (Å²) in [5.74, 6) is -2.36. The summed E-state index contributed by atoms with van der Waals surface area (Å²) in [5.41, 5.74) is -1.27. The Balaban J connectivity index is 1.52. The van der Waals surface area contributed by atoms with E-state index in [1.54, 1.807) is 7.05 Å². The van der Waals surface area contributed by atoms with Crippen LogP contribution in [0.1, 0.15) is 19.8 Å². The Morgan fingerprint density at radius 2 is 1.91 bits per heavy atom. The first-order chi connectivity index (χ1) is 15.3. The van der Waals surface area contributed by atoms with Gasteiger partial charge in [-0.1, -0.05) is 30.3 Å². The van der Waals surface area contributed by atoms with Gasteiger partial charge in [-0.3, -0.25) is 14.4 Å². The number of carbonyl (C=O) groups is 3. The van der Waals surface area contributed by atoms with Crippen molar-refractivity contribution < 1.29 is 24.2 Å². The number of ether oxygens (including phenoxy) is 1. The number of amides is 3. The van der Waals surface area contributed by atoms with Crippen molar-refractivity contribution in [2.45, 2.75) is 37.0 Å². The van der Waals surface area contributed by atoms with E-state index in [0.29, 0.717) is 18.5 Å². The Kier molecular flexibility index (Phi) is 4.76. The molecule has 1 spiro atoms. The van der Waals surface area contributed by atoms with E-state index in [1.807, 2.05) is 49.4 Å². The minimum Gasteiger partial charge on any atom is -0.395 e. The number of benzene rings is 2. The van der Waals surface area contributed by atoms with Crippen LogP contribution >= 0.6 is 0 Å². The molecule has 168 valence electrons. The van der Waals surface area contributed by atoms with Gasteiger partial charge in [-0.25, -0.2) is 0 Å². The van der Waals surface area contributed by atoms with Gasteiger partial charge in [0.05, 0.1) is 24.0 Å². The first-order valence-electron chi connectivity index (χ1n) is 11.0. The molecular formula is C24H27N3O5. The summed E-state index contributed by atoms with van der Waals surface area (Å²) in [7, 11) is 1.54. The molecule has 0 aromatic heterocycles. The third-order valence-electron chi connectivity index (χ3n) is 7.41. The Labute approximate surface area is 185 Å². The highest BCUT2D eigenvalue weighted by Crippen LogP contribution is 2.63. The summed E-state index contributed by atoms with van der Waals surface area (Å²) in [4.78, 5) is 41.2. The SMILES string of the molecule is CNC(=O)[C@@H]1[C@H]2C(=O)N(CCO)C(C(=O)Nc3ccc4ccccc4c3)C23CC[C@@]1(C)O3. The van der Waals surface area contributed by atoms with Gasteiger partial charge >= 0.3 is 0 Å². The smallest absolute Gasteiger partial charge is 0.250 e. The number of aliphatic hydroxyl groups is 1. The molecule has 3 saturated heterocycles. The van der Waals surface area contributed by atoms with Gasteiger partial charge in [0, 0.05) is 19.3 Å². The van der Waals surface area contributed by atoms with Gasteiger partial charge in [-0.15, -0.1) is 0 Å². The van der Waals surface area contributed by atoms with Crippen molar-refractivity contribution >= 4 is 34.2 Å². The number of fused-ring (bicyclic) bond motifs is 2. The van der Waals surface area contributed by atoms with E-state index in [9.17, 15) is 19.5 Å². The molecule has 8 heteroatoms. The molecule has 2 aromatic carbocycles. The molecule has 0 radical (unpaired) electrons. The molecule has 0 aliphatic carbocycles. The van der Waals surface area contributed by atoms with E-state index in [0.717, 1.165) is 10.8 Å². The fourth-order valence-electron chi connectivity index (χ4n) is 6.11. The molecular weight excluding hydrogens is 410 g/mol. The number of nitrogens with one attached hydrogen (secondary N) is 2. The summed E-state index contributed by atoms with van der Waals surface area (Å²) in [6.45, 7) is 1.57. The number of aliphatic hydroxyl groups excluding tert-OH is 1. The first-order valence-corrected chi connectivity index (χ1v) is 11.0. The van der Waals surface area contributed by atoms with Gasteiger partial charge in [-0.2, -0.15) is 0 Å². The highest BCUT2D eigenvalue weighted by atomic mass is 16.5. The zero-order chi connectivity index (χ0) is 22.7. The summed E-state index contributed by atoms with van der Waals surface area (Å²) >= 11 is 0. The second kappa shape index (κ2) is 7.28. The Hall–Kier alpha value is -2.97. The lowest BCUT2D eigenvalue weighted by Crippen LogP contribution is -2.53. The molecule has 3 aliphatic rings. The van der Waals surface area contributed by atoms with Crippen LogP contribution in [0.2, 0.25) is 0 Å². The van der Waals surface area contributed by atoms with Crippen LogP contribution < -0.4 is 10.6 Å². The molecule has 2 aromatic rings. The molecule has 3 amide bonds. The van der Waals surface area contributed by atoms with E-state index in [4.69, 9.17) is 4.74 Å². The summed E-state index contributed by atoms with van der Waals surface area (Å²) in [6.07, 6.45) is 1.09. The normalized spacial score (nSPS) is 32.9. The maximum Gasteiger partial charge on any atom is 0.250 e. The van der Waals surface area contributed by atoms with Crippen molar-refractivity contribution in [3.63, 3.8) is 0 Å². The number of hydrogen-bond donors (Lipinski definition) is 3. The van der Waals surface area contributed by atoms with Gasteiger partial charge < -0.3 is 25.4 Å². The quantitative estimate of drug-likeness (QED) is 0.653. The predicted molar refractivity (Wildman–Crippen MR) is 118 cm³/mol. The third-order valence-corrected chi connectivity index (χ3v) is 7.41. The zero-order valence-corrected chi connectivity index (χ0v) is 18.1. The average Bonchev–Trinajstić information content (AvgIpc) is 3.34. The molecule has 3 fully saturated rings. The molecule has 3 N–H and O–H groups in total. The van der Waals surface area contributed by atoms with Gasteiger partial charge in [-0.05, 0) is 42.7 Å². The molecule has 2 bridgehead atoms. The van der Waals surface area contributed by atoms with E-state index < -0.39 is 29.1 Å². The van der Waals surface area contributed by atoms with E-state index >= 15 is 0 Å². The lowest BCUT2D eigenvalue weighted by molar-refractivity contribution is -0.144. The molecule has 3 aliphatic heterocycles.